The minimum atomic E-state index is 0.224. The maximum atomic E-state index is 8.90. The maximum absolute atomic E-state index is 8.90. The number of thiophene rings is 1. The summed E-state index contributed by atoms with van der Waals surface area (Å²) in [6.45, 7) is 0.224. The largest absolute Gasteiger partial charge is 0.395 e. The first-order valence-electron chi connectivity index (χ1n) is 4.17. The molecule has 2 nitrogen and oxygen atoms in total. The second-order valence-electron chi connectivity index (χ2n) is 2.79. The van der Waals surface area contributed by atoms with Gasteiger partial charge in [0, 0.05) is 10.9 Å². The van der Waals surface area contributed by atoms with E-state index in [4.69, 9.17) is 5.11 Å². The number of aryl methyl sites for hydroxylation is 1. The number of likely N-dealkylation sites (N-methyl/N-ethyl adjacent to an activating group) is 1. The molecule has 1 unspecified atom stereocenters. The van der Waals surface area contributed by atoms with Crippen LogP contribution in [0.25, 0.3) is 0 Å². The molecule has 0 aliphatic heterocycles. The average Bonchev–Trinajstić information content (AvgIpc) is 2.59. The number of hydrogen-bond donors (Lipinski definition) is 2. The Balaban J connectivity index is 2.25. The Morgan fingerprint density at radius 1 is 1.67 bits per heavy atom. The predicted molar refractivity (Wildman–Crippen MR) is 52.6 cm³/mol. The van der Waals surface area contributed by atoms with Crippen LogP contribution >= 0.6 is 11.3 Å². The van der Waals surface area contributed by atoms with Gasteiger partial charge in [0.2, 0.25) is 0 Å². The fraction of sp³-hybridized carbons (Fsp3) is 0.556. The highest BCUT2D eigenvalue weighted by atomic mass is 32.1. The van der Waals surface area contributed by atoms with Crippen LogP contribution in [0.4, 0.5) is 0 Å². The van der Waals surface area contributed by atoms with Crippen LogP contribution in [-0.4, -0.2) is 24.8 Å². The molecule has 1 rings (SSSR count). The van der Waals surface area contributed by atoms with Crippen LogP contribution in [0, 0.1) is 0 Å². The molecular weight excluding hydrogens is 170 g/mol. The standard InChI is InChI=1S/C9H15NOS/c1-10-8(7-11)4-5-9-3-2-6-12-9/h2-3,6,8,10-11H,4-5,7H2,1H3. The van der Waals surface area contributed by atoms with Gasteiger partial charge in [0.25, 0.3) is 0 Å². The van der Waals surface area contributed by atoms with Gasteiger partial charge in [-0.2, -0.15) is 0 Å². The van der Waals surface area contributed by atoms with E-state index in [9.17, 15) is 0 Å². The Morgan fingerprint density at radius 3 is 3.00 bits per heavy atom. The van der Waals surface area contributed by atoms with Gasteiger partial charge in [0.1, 0.15) is 0 Å². The van der Waals surface area contributed by atoms with E-state index in [0.29, 0.717) is 0 Å². The van der Waals surface area contributed by atoms with Crippen LogP contribution in [0.2, 0.25) is 0 Å². The van der Waals surface area contributed by atoms with Gasteiger partial charge >= 0.3 is 0 Å². The first-order valence-corrected chi connectivity index (χ1v) is 5.05. The highest BCUT2D eigenvalue weighted by molar-refractivity contribution is 7.09. The lowest BCUT2D eigenvalue weighted by molar-refractivity contribution is 0.242. The van der Waals surface area contributed by atoms with Crippen molar-refractivity contribution in [3.8, 4) is 0 Å². The highest BCUT2D eigenvalue weighted by Gasteiger charge is 2.03. The minimum Gasteiger partial charge on any atom is -0.395 e. The molecule has 0 radical (unpaired) electrons. The molecule has 0 aromatic carbocycles. The highest BCUT2D eigenvalue weighted by Crippen LogP contribution is 2.11. The molecule has 2 N–H and O–H groups in total. The van der Waals surface area contributed by atoms with Crippen molar-refractivity contribution in [2.75, 3.05) is 13.7 Å². The second-order valence-corrected chi connectivity index (χ2v) is 3.82. The van der Waals surface area contributed by atoms with Crippen molar-refractivity contribution in [1.29, 1.82) is 0 Å². The zero-order valence-electron chi connectivity index (χ0n) is 7.29. The van der Waals surface area contributed by atoms with E-state index in [1.54, 1.807) is 11.3 Å². The van der Waals surface area contributed by atoms with Gasteiger partial charge in [0.15, 0.2) is 0 Å². The van der Waals surface area contributed by atoms with Crippen LogP contribution < -0.4 is 5.32 Å². The monoisotopic (exact) mass is 185 g/mol. The lowest BCUT2D eigenvalue weighted by Crippen LogP contribution is -2.29. The minimum absolute atomic E-state index is 0.224. The number of rotatable bonds is 5. The van der Waals surface area contributed by atoms with Crippen molar-refractivity contribution in [1.82, 2.24) is 5.32 Å². The molecule has 12 heavy (non-hydrogen) atoms. The van der Waals surface area contributed by atoms with Crippen molar-refractivity contribution >= 4 is 11.3 Å². The number of aliphatic hydroxyl groups excluding tert-OH is 1. The fourth-order valence-electron chi connectivity index (χ4n) is 1.10. The number of nitrogens with one attached hydrogen (secondary N) is 1. The number of hydrogen-bond acceptors (Lipinski definition) is 3. The molecule has 1 heterocycles. The summed E-state index contributed by atoms with van der Waals surface area (Å²) in [6.07, 6.45) is 2.07. The maximum Gasteiger partial charge on any atom is 0.0584 e. The molecule has 0 fully saturated rings. The lowest BCUT2D eigenvalue weighted by Gasteiger charge is -2.11. The average molecular weight is 185 g/mol. The summed E-state index contributed by atoms with van der Waals surface area (Å²) in [7, 11) is 1.88. The molecule has 0 saturated heterocycles. The van der Waals surface area contributed by atoms with Crippen molar-refractivity contribution in [2.45, 2.75) is 18.9 Å². The summed E-state index contributed by atoms with van der Waals surface area (Å²) in [5.74, 6) is 0. The summed E-state index contributed by atoms with van der Waals surface area (Å²) < 4.78 is 0. The van der Waals surface area contributed by atoms with E-state index in [1.165, 1.54) is 4.88 Å². The Labute approximate surface area is 77.2 Å². The molecule has 68 valence electrons. The Morgan fingerprint density at radius 2 is 2.50 bits per heavy atom. The van der Waals surface area contributed by atoms with Crippen LogP contribution in [-0.2, 0) is 6.42 Å². The van der Waals surface area contributed by atoms with Gasteiger partial charge in [-0.05, 0) is 31.3 Å². The summed E-state index contributed by atoms with van der Waals surface area (Å²) in [5, 5.41) is 14.1. The smallest absolute Gasteiger partial charge is 0.0584 e. The van der Waals surface area contributed by atoms with Gasteiger partial charge < -0.3 is 10.4 Å². The molecule has 1 atom stereocenters. The van der Waals surface area contributed by atoms with E-state index >= 15 is 0 Å². The molecule has 0 aliphatic rings. The summed E-state index contributed by atoms with van der Waals surface area (Å²) in [6, 6.07) is 4.44. The van der Waals surface area contributed by atoms with Crippen molar-refractivity contribution in [2.24, 2.45) is 0 Å². The van der Waals surface area contributed by atoms with Crippen LogP contribution in [0.1, 0.15) is 11.3 Å². The molecule has 3 heteroatoms. The zero-order chi connectivity index (χ0) is 8.81. The first kappa shape index (κ1) is 9.71. The Bertz CT molecular complexity index is 194. The van der Waals surface area contributed by atoms with Gasteiger partial charge in [-0.25, -0.2) is 0 Å². The van der Waals surface area contributed by atoms with Crippen molar-refractivity contribution in [3.05, 3.63) is 22.4 Å². The third kappa shape index (κ3) is 2.93. The summed E-state index contributed by atoms with van der Waals surface area (Å²) in [4.78, 5) is 1.39. The second kappa shape index (κ2) is 5.30. The van der Waals surface area contributed by atoms with E-state index in [2.05, 4.69) is 22.8 Å². The third-order valence-corrected chi connectivity index (χ3v) is 2.88. The molecule has 0 bridgehead atoms. The fourth-order valence-corrected chi connectivity index (χ4v) is 1.82. The van der Waals surface area contributed by atoms with E-state index in [-0.39, 0.29) is 12.6 Å². The van der Waals surface area contributed by atoms with Gasteiger partial charge in [-0.15, -0.1) is 11.3 Å². The summed E-state index contributed by atoms with van der Waals surface area (Å²) >= 11 is 1.78. The molecule has 0 amide bonds. The van der Waals surface area contributed by atoms with Crippen LogP contribution in [0.5, 0.6) is 0 Å². The Kier molecular flexibility index (Phi) is 4.29. The van der Waals surface area contributed by atoms with Gasteiger partial charge in [-0.3, -0.25) is 0 Å². The van der Waals surface area contributed by atoms with Crippen molar-refractivity contribution in [3.63, 3.8) is 0 Å². The predicted octanol–water partition coefficient (Wildman–Crippen LogP) is 1.26. The lowest BCUT2D eigenvalue weighted by atomic mass is 10.1. The molecule has 0 spiro atoms. The molecule has 1 aromatic rings. The van der Waals surface area contributed by atoms with Crippen LogP contribution in [0.15, 0.2) is 17.5 Å². The van der Waals surface area contributed by atoms with Gasteiger partial charge in [0.05, 0.1) is 6.61 Å². The SMILES string of the molecule is CNC(CO)CCc1cccs1. The zero-order valence-corrected chi connectivity index (χ0v) is 8.10. The third-order valence-electron chi connectivity index (χ3n) is 1.95. The van der Waals surface area contributed by atoms with Gasteiger partial charge in [-0.1, -0.05) is 6.07 Å². The topological polar surface area (TPSA) is 32.3 Å². The quantitative estimate of drug-likeness (QED) is 0.724. The molecule has 0 saturated carbocycles. The number of aliphatic hydroxyl groups is 1. The summed E-state index contributed by atoms with van der Waals surface area (Å²) in [5.41, 5.74) is 0. The van der Waals surface area contributed by atoms with E-state index in [0.717, 1.165) is 12.8 Å². The molecular formula is C9H15NOS. The Hall–Kier alpha value is -0.380. The van der Waals surface area contributed by atoms with Crippen molar-refractivity contribution < 1.29 is 5.11 Å². The first-order chi connectivity index (χ1) is 5.86. The van der Waals surface area contributed by atoms with E-state index in [1.807, 2.05) is 7.05 Å². The van der Waals surface area contributed by atoms with Crippen LogP contribution in [0.3, 0.4) is 0 Å². The van der Waals surface area contributed by atoms with E-state index < -0.39 is 0 Å². The molecule has 1 aromatic heterocycles. The molecule has 0 aliphatic carbocycles. The normalized spacial score (nSPS) is 13.2.